The van der Waals surface area contributed by atoms with Crippen LogP contribution in [0, 0.1) is 0 Å². The third-order valence-electron chi connectivity index (χ3n) is 2.96. The summed E-state index contributed by atoms with van der Waals surface area (Å²) in [6.07, 6.45) is -2.60. The predicted molar refractivity (Wildman–Crippen MR) is 73.9 cm³/mol. The average Bonchev–Trinajstić information content (AvgIpc) is 2.82. The zero-order valence-corrected chi connectivity index (χ0v) is 11.1. The second-order valence-corrected chi connectivity index (χ2v) is 5.38. The van der Waals surface area contributed by atoms with Crippen molar-refractivity contribution < 1.29 is 13.2 Å². The van der Waals surface area contributed by atoms with Gasteiger partial charge in [0, 0.05) is 26.9 Å². The molecule has 102 valence electrons. The van der Waals surface area contributed by atoms with Crippen LogP contribution in [0.3, 0.4) is 0 Å². The van der Waals surface area contributed by atoms with Gasteiger partial charge >= 0.3 is 6.18 Å². The maximum Gasteiger partial charge on any atom is 0.417 e. The molecule has 0 bridgehead atoms. The highest BCUT2D eigenvalue weighted by molar-refractivity contribution is 7.99. The van der Waals surface area contributed by atoms with Crippen LogP contribution in [0.1, 0.15) is 5.56 Å². The van der Waals surface area contributed by atoms with Crippen molar-refractivity contribution in [1.82, 2.24) is 4.98 Å². The molecule has 1 aromatic heterocycles. The molecule has 0 fully saturated rings. The second-order valence-electron chi connectivity index (χ2n) is 4.29. The second kappa shape index (κ2) is 4.90. The lowest BCUT2D eigenvalue weighted by Crippen LogP contribution is -2.06. The number of aromatic nitrogens is 1. The summed E-state index contributed by atoms with van der Waals surface area (Å²) in [5, 5.41) is 0.925. The molecule has 0 aliphatic carbocycles. The van der Waals surface area contributed by atoms with Crippen LogP contribution in [-0.2, 0) is 6.18 Å². The molecule has 0 saturated carbocycles. The summed E-state index contributed by atoms with van der Waals surface area (Å²) in [6, 6.07) is 13.2. The molecule has 0 saturated heterocycles. The van der Waals surface area contributed by atoms with E-state index < -0.39 is 11.7 Å². The number of aromatic amines is 1. The van der Waals surface area contributed by atoms with E-state index in [1.54, 1.807) is 12.3 Å². The molecule has 0 amide bonds. The van der Waals surface area contributed by atoms with E-state index in [-0.39, 0.29) is 4.90 Å². The minimum Gasteiger partial charge on any atom is -0.360 e. The monoisotopic (exact) mass is 293 g/mol. The zero-order valence-electron chi connectivity index (χ0n) is 10.2. The van der Waals surface area contributed by atoms with Crippen LogP contribution in [0.2, 0.25) is 0 Å². The van der Waals surface area contributed by atoms with Crippen molar-refractivity contribution in [2.45, 2.75) is 16.0 Å². The van der Waals surface area contributed by atoms with Crippen molar-refractivity contribution in [3.63, 3.8) is 0 Å². The van der Waals surface area contributed by atoms with E-state index in [4.69, 9.17) is 0 Å². The average molecular weight is 293 g/mol. The highest BCUT2D eigenvalue weighted by atomic mass is 32.2. The Kier molecular flexibility index (Phi) is 3.22. The number of para-hydroxylation sites is 1. The minimum atomic E-state index is -4.34. The van der Waals surface area contributed by atoms with Gasteiger partial charge in [0.2, 0.25) is 0 Å². The number of hydrogen-bond donors (Lipinski definition) is 1. The molecule has 1 N–H and O–H groups in total. The first-order valence-electron chi connectivity index (χ1n) is 5.96. The van der Waals surface area contributed by atoms with Gasteiger partial charge in [-0.15, -0.1) is 0 Å². The smallest absolute Gasteiger partial charge is 0.360 e. The standard InChI is InChI=1S/C15H10F3NS/c16-15(17,18)11-6-2-4-8-13(11)20-14-9-19-12-7-3-1-5-10(12)14/h1-9,19H. The Balaban J connectivity index is 2.04. The highest BCUT2D eigenvalue weighted by Crippen LogP contribution is 2.41. The Morgan fingerprint density at radius 1 is 0.850 bits per heavy atom. The van der Waals surface area contributed by atoms with Crippen molar-refractivity contribution in [3.8, 4) is 0 Å². The number of halogens is 3. The topological polar surface area (TPSA) is 15.8 Å². The Bertz CT molecular complexity index is 746. The molecule has 0 spiro atoms. The van der Waals surface area contributed by atoms with E-state index in [0.717, 1.165) is 33.6 Å². The SMILES string of the molecule is FC(F)(F)c1ccccc1Sc1c[nH]c2ccccc12. The van der Waals surface area contributed by atoms with Gasteiger partial charge in [0.25, 0.3) is 0 Å². The van der Waals surface area contributed by atoms with E-state index in [1.165, 1.54) is 12.1 Å². The molecule has 2 aromatic carbocycles. The van der Waals surface area contributed by atoms with Crippen LogP contribution in [0.15, 0.2) is 64.5 Å². The van der Waals surface area contributed by atoms with Gasteiger partial charge < -0.3 is 4.98 Å². The van der Waals surface area contributed by atoms with E-state index >= 15 is 0 Å². The fourth-order valence-electron chi connectivity index (χ4n) is 2.04. The maximum atomic E-state index is 13.0. The number of nitrogens with one attached hydrogen (secondary N) is 1. The molecule has 20 heavy (non-hydrogen) atoms. The van der Waals surface area contributed by atoms with Crippen molar-refractivity contribution in [2.75, 3.05) is 0 Å². The van der Waals surface area contributed by atoms with Gasteiger partial charge in [-0.05, 0) is 18.2 Å². The third-order valence-corrected chi connectivity index (χ3v) is 4.10. The van der Waals surface area contributed by atoms with E-state index in [0.29, 0.717) is 0 Å². The number of hydrogen-bond acceptors (Lipinski definition) is 1. The summed E-state index contributed by atoms with van der Waals surface area (Å²) in [5.74, 6) is 0. The largest absolute Gasteiger partial charge is 0.417 e. The normalized spacial score (nSPS) is 11.9. The molecular formula is C15H10F3NS. The Morgan fingerprint density at radius 2 is 1.55 bits per heavy atom. The number of fused-ring (bicyclic) bond motifs is 1. The first kappa shape index (κ1) is 13.1. The summed E-state index contributed by atoms with van der Waals surface area (Å²) >= 11 is 1.13. The zero-order chi connectivity index (χ0) is 14.2. The molecule has 3 rings (SSSR count). The van der Waals surface area contributed by atoms with Crippen LogP contribution < -0.4 is 0 Å². The van der Waals surface area contributed by atoms with Crippen LogP contribution in [0.5, 0.6) is 0 Å². The highest BCUT2D eigenvalue weighted by Gasteiger charge is 2.33. The van der Waals surface area contributed by atoms with Gasteiger partial charge in [-0.2, -0.15) is 13.2 Å². The lowest BCUT2D eigenvalue weighted by atomic mass is 10.2. The van der Waals surface area contributed by atoms with Gasteiger partial charge in [0.15, 0.2) is 0 Å². The van der Waals surface area contributed by atoms with Crippen molar-refractivity contribution in [3.05, 3.63) is 60.3 Å². The molecule has 5 heteroatoms. The Morgan fingerprint density at radius 3 is 2.35 bits per heavy atom. The summed E-state index contributed by atoms with van der Waals surface area (Å²) in [4.78, 5) is 4.07. The molecule has 0 aliphatic heterocycles. The summed E-state index contributed by atoms with van der Waals surface area (Å²) < 4.78 is 38.9. The van der Waals surface area contributed by atoms with Crippen LogP contribution in [0.25, 0.3) is 10.9 Å². The number of rotatable bonds is 2. The number of alkyl halides is 3. The summed E-state index contributed by atoms with van der Waals surface area (Å²) in [6.45, 7) is 0. The van der Waals surface area contributed by atoms with Crippen molar-refractivity contribution in [1.29, 1.82) is 0 Å². The lowest BCUT2D eigenvalue weighted by molar-refractivity contribution is -0.139. The van der Waals surface area contributed by atoms with Gasteiger partial charge in [-0.25, -0.2) is 0 Å². The van der Waals surface area contributed by atoms with Gasteiger partial charge in [0.05, 0.1) is 5.56 Å². The fourth-order valence-corrected chi connectivity index (χ4v) is 3.12. The van der Waals surface area contributed by atoms with E-state index in [9.17, 15) is 13.2 Å². The molecule has 1 heterocycles. The minimum absolute atomic E-state index is 0.213. The molecule has 3 aromatic rings. The summed E-state index contributed by atoms with van der Waals surface area (Å²) in [5.41, 5.74) is 0.315. The Labute approximate surface area is 117 Å². The van der Waals surface area contributed by atoms with Crippen molar-refractivity contribution >= 4 is 22.7 Å². The van der Waals surface area contributed by atoms with Gasteiger partial charge in [-0.3, -0.25) is 0 Å². The van der Waals surface area contributed by atoms with Crippen LogP contribution in [-0.4, -0.2) is 4.98 Å². The number of H-pyrrole nitrogens is 1. The van der Waals surface area contributed by atoms with E-state index in [2.05, 4.69) is 4.98 Å². The predicted octanol–water partition coefficient (Wildman–Crippen LogP) is 5.34. The van der Waals surface area contributed by atoms with Gasteiger partial charge in [0.1, 0.15) is 0 Å². The van der Waals surface area contributed by atoms with Gasteiger partial charge in [-0.1, -0.05) is 42.1 Å². The van der Waals surface area contributed by atoms with Crippen LogP contribution in [0.4, 0.5) is 13.2 Å². The third kappa shape index (κ3) is 2.41. The van der Waals surface area contributed by atoms with Crippen molar-refractivity contribution in [2.24, 2.45) is 0 Å². The fraction of sp³-hybridized carbons (Fsp3) is 0.0667. The van der Waals surface area contributed by atoms with Crippen LogP contribution >= 0.6 is 11.8 Å². The molecule has 0 aliphatic rings. The quantitative estimate of drug-likeness (QED) is 0.674. The maximum absolute atomic E-state index is 13.0. The molecule has 0 atom stereocenters. The summed E-state index contributed by atoms with van der Waals surface area (Å²) in [7, 11) is 0. The molecular weight excluding hydrogens is 283 g/mol. The Hall–Kier alpha value is -1.88. The number of benzene rings is 2. The lowest BCUT2D eigenvalue weighted by Gasteiger charge is -2.11. The molecule has 1 nitrogen and oxygen atoms in total. The van der Waals surface area contributed by atoms with E-state index in [1.807, 2.05) is 24.3 Å². The molecule has 0 unspecified atom stereocenters. The first-order chi connectivity index (χ1) is 9.55. The first-order valence-corrected chi connectivity index (χ1v) is 6.77. The molecule has 0 radical (unpaired) electrons.